The molecule has 0 fully saturated rings. The lowest BCUT2D eigenvalue weighted by Crippen LogP contribution is -2.28. The molecule has 0 aliphatic carbocycles. The van der Waals surface area contributed by atoms with Crippen LogP contribution in [-0.4, -0.2) is 10.9 Å². The van der Waals surface area contributed by atoms with Crippen molar-refractivity contribution in [3.05, 3.63) is 69.6 Å². The van der Waals surface area contributed by atoms with Gasteiger partial charge in [-0.2, -0.15) is 13.2 Å². The van der Waals surface area contributed by atoms with E-state index in [1.54, 1.807) is 0 Å². The Morgan fingerprint density at radius 1 is 1.24 bits per heavy atom. The first-order chi connectivity index (χ1) is 9.88. The Labute approximate surface area is 117 Å². The standard InChI is InChI=1S/C14H11F3N2O2/c15-14(16,17)10-3-1-2-9(6-10)7-19-13(21)11-8-18-5-4-12(11)20/h1-6,8H,7H2,(H,18,20)(H,19,21). The third-order valence-electron chi connectivity index (χ3n) is 2.78. The molecule has 110 valence electrons. The van der Waals surface area contributed by atoms with Crippen molar-refractivity contribution < 1.29 is 18.0 Å². The zero-order valence-electron chi connectivity index (χ0n) is 10.7. The van der Waals surface area contributed by atoms with Gasteiger partial charge in [0, 0.05) is 25.0 Å². The number of hydrogen-bond acceptors (Lipinski definition) is 2. The molecule has 2 rings (SSSR count). The number of pyridine rings is 1. The normalized spacial score (nSPS) is 11.2. The molecule has 2 aromatic rings. The summed E-state index contributed by atoms with van der Waals surface area (Å²) in [4.78, 5) is 25.8. The van der Waals surface area contributed by atoms with Crippen molar-refractivity contribution in [2.45, 2.75) is 12.7 Å². The molecule has 4 nitrogen and oxygen atoms in total. The second-order valence-corrected chi connectivity index (χ2v) is 4.30. The number of alkyl halides is 3. The number of aromatic amines is 1. The summed E-state index contributed by atoms with van der Waals surface area (Å²) in [6, 6.07) is 5.83. The zero-order chi connectivity index (χ0) is 15.5. The molecule has 21 heavy (non-hydrogen) atoms. The third-order valence-corrected chi connectivity index (χ3v) is 2.78. The minimum absolute atomic E-state index is 0.0931. The van der Waals surface area contributed by atoms with E-state index < -0.39 is 23.1 Å². The topological polar surface area (TPSA) is 62.0 Å². The average Bonchev–Trinajstić information content (AvgIpc) is 2.45. The van der Waals surface area contributed by atoms with Crippen LogP contribution in [0.2, 0.25) is 0 Å². The Morgan fingerprint density at radius 2 is 2.00 bits per heavy atom. The van der Waals surface area contributed by atoms with Crippen LogP contribution in [0.4, 0.5) is 13.2 Å². The van der Waals surface area contributed by atoms with Gasteiger partial charge in [-0.15, -0.1) is 0 Å². The number of amides is 1. The minimum atomic E-state index is -4.43. The molecule has 0 spiro atoms. The minimum Gasteiger partial charge on any atom is -0.367 e. The molecule has 1 aromatic carbocycles. The number of rotatable bonds is 3. The fraction of sp³-hybridized carbons (Fsp3) is 0.143. The van der Waals surface area contributed by atoms with E-state index in [0.717, 1.165) is 12.1 Å². The summed E-state index contributed by atoms with van der Waals surface area (Å²) in [6.07, 6.45) is -1.81. The van der Waals surface area contributed by atoms with E-state index in [1.807, 2.05) is 0 Å². The maximum atomic E-state index is 12.6. The number of carbonyl (C=O) groups excluding carboxylic acids is 1. The highest BCUT2D eigenvalue weighted by atomic mass is 19.4. The Kier molecular flexibility index (Phi) is 4.11. The predicted octanol–water partition coefficient (Wildman–Crippen LogP) is 2.32. The third kappa shape index (κ3) is 3.71. The second-order valence-electron chi connectivity index (χ2n) is 4.30. The van der Waals surface area contributed by atoms with Crippen LogP contribution in [0.15, 0.2) is 47.5 Å². The number of hydrogen-bond donors (Lipinski definition) is 2. The van der Waals surface area contributed by atoms with Gasteiger partial charge < -0.3 is 10.3 Å². The van der Waals surface area contributed by atoms with Crippen LogP contribution in [0, 0.1) is 0 Å². The molecule has 1 aromatic heterocycles. The van der Waals surface area contributed by atoms with Crippen LogP contribution in [0.5, 0.6) is 0 Å². The fourth-order valence-corrected chi connectivity index (χ4v) is 1.73. The number of nitrogens with one attached hydrogen (secondary N) is 2. The summed E-state index contributed by atoms with van der Waals surface area (Å²) in [5, 5.41) is 2.41. The molecule has 0 aliphatic heterocycles. The van der Waals surface area contributed by atoms with Crippen molar-refractivity contribution in [2.24, 2.45) is 0 Å². The zero-order valence-corrected chi connectivity index (χ0v) is 10.7. The van der Waals surface area contributed by atoms with Crippen molar-refractivity contribution in [1.29, 1.82) is 0 Å². The molecule has 0 atom stereocenters. The first-order valence-corrected chi connectivity index (χ1v) is 5.99. The van der Waals surface area contributed by atoms with Crippen LogP contribution in [0.25, 0.3) is 0 Å². The van der Waals surface area contributed by atoms with E-state index in [-0.39, 0.29) is 12.1 Å². The maximum Gasteiger partial charge on any atom is 0.416 e. The van der Waals surface area contributed by atoms with Gasteiger partial charge in [0.05, 0.1) is 5.56 Å². The molecule has 0 unspecified atom stereocenters. The number of halogens is 3. The molecule has 0 saturated heterocycles. The van der Waals surface area contributed by atoms with Gasteiger partial charge in [-0.3, -0.25) is 9.59 Å². The first kappa shape index (κ1) is 14.8. The van der Waals surface area contributed by atoms with Crippen LogP contribution < -0.4 is 10.7 Å². The van der Waals surface area contributed by atoms with Crippen molar-refractivity contribution in [2.75, 3.05) is 0 Å². The molecule has 7 heteroatoms. The van der Waals surface area contributed by atoms with Gasteiger partial charge >= 0.3 is 6.18 Å². The molecule has 0 aliphatic rings. The Balaban J connectivity index is 2.09. The van der Waals surface area contributed by atoms with Gasteiger partial charge in [-0.25, -0.2) is 0 Å². The molecule has 2 N–H and O–H groups in total. The largest absolute Gasteiger partial charge is 0.416 e. The Hall–Kier alpha value is -2.57. The van der Waals surface area contributed by atoms with E-state index >= 15 is 0 Å². The van der Waals surface area contributed by atoms with E-state index in [4.69, 9.17) is 0 Å². The molecule has 0 saturated carbocycles. The Bertz CT molecular complexity index is 708. The van der Waals surface area contributed by atoms with Gasteiger partial charge in [-0.1, -0.05) is 12.1 Å². The van der Waals surface area contributed by atoms with E-state index in [1.165, 1.54) is 30.6 Å². The van der Waals surface area contributed by atoms with Gasteiger partial charge in [0.25, 0.3) is 5.91 Å². The van der Waals surface area contributed by atoms with Crippen LogP contribution in [0.3, 0.4) is 0 Å². The van der Waals surface area contributed by atoms with Crippen molar-refractivity contribution >= 4 is 5.91 Å². The summed E-state index contributed by atoms with van der Waals surface area (Å²) in [5.41, 5.74) is -1.04. The maximum absolute atomic E-state index is 12.6. The lowest BCUT2D eigenvalue weighted by molar-refractivity contribution is -0.137. The molecule has 0 bridgehead atoms. The predicted molar refractivity (Wildman–Crippen MR) is 69.7 cm³/mol. The van der Waals surface area contributed by atoms with Gasteiger partial charge in [-0.05, 0) is 17.7 Å². The van der Waals surface area contributed by atoms with Crippen molar-refractivity contribution in [3.63, 3.8) is 0 Å². The first-order valence-electron chi connectivity index (χ1n) is 5.99. The van der Waals surface area contributed by atoms with Gasteiger partial charge in [0.2, 0.25) is 0 Å². The van der Waals surface area contributed by atoms with Crippen molar-refractivity contribution in [1.82, 2.24) is 10.3 Å². The highest BCUT2D eigenvalue weighted by molar-refractivity contribution is 5.93. The fourth-order valence-electron chi connectivity index (χ4n) is 1.73. The lowest BCUT2D eigenvalue weighted by atomic mass is 10.1. The van der Waals surface area contributed by atoms with Crippen LogP contribution in [-0.2, 0) is 12.7 Å². The second kappa shape index (κ2) is 5.82. The molecule has 0 radical (unpaired) electrons. The smallest absolute Gasteiger partial charge is 0.367 e. The van der Waals surface area contributed by atoms with Crippen LogP contribution in [0.1, 0.15) is 21.5 Å². The van der Waals surface area contributed by atoms with E-state index in [9.17, 15) is 22.8 Å². The van der Waals surface area contributed by atoms with Gasteiger partial charge in [0.15, 0.2) is 5.43 Å². The number of H-pyrrole nitrogens is 1. The summed E-state index contributed by atoms with van der Waals surface area (Å²) in [5.74, 6) is -0.644. The summed E-state index contributed by atoms with van der Waals surface area (Å²) in [7, 11) is 0. The van der Waals surface area contributed by atoms with Crippen LogP contribution >= 0.6 is 0 Å². The van der Waals surface area contributed by atoms with Gasteiger partial charge in [0.1, 0.15) is 5.56 Å². The SMILES string of the molecule is O=C(NCc1cccc(C(F)(F)F)c1)c1c[nH]ccc1=O. The quantitative estimate of drug-likeness (QED) is 0.913. The number of benzene rings is 1. The highest BCUT2D eigenvalue weighted by Gasteiger charge is 2.30. The Morgan fingerprint density at radius 3 is 2.67 bits per heavy atom. The summed E-state index contributed by atoms with van der Waals surface area (Å²) < 4.78 is 37.7. The summed E-state index contributed by atoms with van der Waals surface area (Å²) in [6.45, 7) is -0.100. The summed E-state index contributed by atoms with van der Waals surface area (Å²) >= 11 is 0. The van der Waals surface area contributed by atoms with E-state index in [2.05, 4.69) is 10.3 Å². The molecule has 1 heterocycles. The lowest BCUT2D eigenvalue weighted by Gasteiger charge is -2.09. The number of aromatic nitrogens is 1. The molecule has 1 amide bonds. The monoisotopic (exact) mass is 296 g/mol. The average molecular weight is 296 g/mol. The molecular weight excluding hydrogens is 285 g/mol. The van der Waals surface area contributed by atoms with Crippen molar-refractivity contribution in [3.8, 4) is 0 Å². The highest BCUT2D eigenvalue weighted by Crippen LogP contribution is 2.29. The molecular formula is C14H11F3N2O2. The van der Waals surface area contributed by atoms with E-state index in [0.29, 0.717) is 5.56 Å². The number of carbonyl (C=O) groups is 1.